The van der Waals surface area contributed by atoms with Crippen molar-refractivity contribution in [3.8, 4) is 11.5 Å². The number of amides is 2. The fraction of sp³-hybridized carbons (Fsp3) is 0.227. The van der Waals surface area contributed by atoms with Crippen LogP contribution in [-0.2, 0) is 19.6 Å². The first-order chi connectivity index (χ1) is 15.1. The first-order valence-electron chi connectivity index (χ1n) is 9.85. The maximum absolute atomic E-state index is 13.1. The van der Waals surface area contributed by atoms with Gasteiger partial charge < -0.3 is 19.7 Å². The summed E-state index contributed by atoms with van der Waals surface area (Å²) in [7, 11) is 0. The number of nitrogens with one attached hydrogen (secondary N) is 1. The van der Waals surface area contributed by atoms with E-state index in [1.165, 1.54) is 18.2 Å². The Morgan fingerprint density at radius 2 is 1.81 bits per heavy atom. The molecule has 2 aromatic carbocycles. The second-order valence-corrected chi connectivity index (χ2v) is 7.36. The molecule has 2 amide bonds. The van der Waals surface area contributed by atoms with Crippen molar-refractivity contribution in [1.82, 2.24) is 20.0 Å². The smallest absolute Gasteiger partial charge is 0.272 e. The van der Waals surface area contributed by atoms with E-state index < -0.39 is 0 Å². The van der Waals surface area contributed by atoms with Gasteiger partial charge in [0, 0.05) is 25.7 Å². The Balaban J connectivity index is 1.25. The lowest BCUT2D eigenvalue weighted by molar-refractivity contribution is 0.0683. The van der Waals surface area contributed by atoms with Crippen molar-refractivity contribution in [2.24, 2.45) is 0 Å². The Morgan fingerprint density at radius 1 is 1.03 bits per heavy atom. The average molecular weight is 422 g/mol. The molecule has 2 aliphatic heterocycles. The van der Waals surface area contributed by atoms with E-state index in [4.69, 9.17) is 9.47 Å². The zero-order chi connectivity index (χ0) is 21.4. The first kappa shape index (κ1) is 19.1. The summed E-state index contributed by atoms with van der Waals surface area (Å²) >= 11 is 0. The summed E-state index contributed by atoms with van der Waals surface area (Å²) < 4.78 is 25.3. The van der Waals surface area contributed by atoms with Crippen LogP contribution in [0.5, 0.6) is 11.5 Å². The molecule has 1 N–H and O–H groups in total. The van der Waals surface area contributed by atoms with Gasteiger partial charge in [-0.3, -0.25) is 14.3 Å². The summed E-state index contributed by atoms with van der Waals surface area (Å²) in [6, 6.07) is 13.0. The van der Waals surface area contributed by atoms with Crippen LogP contribution in [0.3, 0.4) is 0 Å². The average Bonchev–Trinajstić information content (AvgIpc) is 3.42. The van der Waals surface area contributed by atoms with Crippen LogP contribution in [-0.4, -0.2) is 39.8 Å². The van der Waals surface area contributed by atoms with Gasteiger partial charge in [0.25, 0.3) is 11.8 Å². The molecular weight excluding hydrogens is 403 g/mol. The number of hydrogen-bond donors (Lipinski definition) is 1. The predicted octanol–water partition coefficient (Wildman–Crippen LogP) is 2.34. The third-order valence-corrected chi connectivity index (χ3v) is 5.28. The lowest BCUT2D eigenvalue weighted by Crippen LogP contribution is -2.39. The van der Waals surface area contributed by atoms with E-state index >= 15 is 0 Å². The fourth-order valence-electron chi connectivity index (χ4n) is 3.63. The van der Waals surface area contributed by atoms with Crippen LogP contribution in [0.15, 0.2) is 48.5 Å². The summed E-state index contributed by atoms with van der Waals surface area (Å²) in [5.41, 5.74) is 2.25. The molecule has 0 aliphatic carbocycles. The minimum atomic E-state index is -0.363. The lowest BCUT2D eigenvalue weighted by Gasteiger charge is -2.27. The fourth-order valence-corrected chi connectivity index (χ4v) is 3.63. The molecule has 0 atom stereocenters. The second-order valence-electron chi connectivity index (χ2n) is 7.36. The molecule has 1 aromatic heterocycles. The zero-order valence-electron chi connectivity index (χ0n) is 16.5. The molecule has 9 heteroatoms. The SMILES string of the molecule is O=C(NCc1ccc2c(c1)OCO2)c1cc2n(n1)CCN(Cc1ccc(F)cc1)C2=O. The Labute approximate surface area is 177 Å². The van der Waals surface area contributed by atoms with Gasteiger partial charge in [-0.15, -0.1) is 0 Å². The van der Waals surface area contributed by atoms with Gasteiger partial charge in [0.1, 0.15) is 11.5 Å². The van der Waals surface area contributed by atoms with Crippen molar-refractivity contribution in [2.45, 2.75) is 19.6 Å². The van der Waals surface area contributed by atoms with Gasteiger partial charge in [0.15, 0.2) is 17.2 Å². The highest BCUT2D eigenvalue weighted by atomic mass is 19.1. The number of ether oxygens (including phenoxy) is 2. The maximum atomic E-state index is 13.1. The largest absolute Gasteiger partial charge is 0.454 e. The van der Waals surface area contributed by atoms with E-state index in [9.17, 15) is 14.0 Å². The van der Waals surface area contributed by atoms with Gasteiger partial charge in [-0.05, 0) is 35.4 Å². The summed E-state index contributed by atoms with van der Waals surface area (Å²) in [4.78, 5) is 27.1. The topological polar surface area (TPSA) is 85.7 Å². The summed E-state index contributed by atoms with van der Waals surface area (Å²) in [6.07, 6.45) is 0. The normalized spacial score (nSPS) is 14.5. The Morgan fingerprint density at radius 3 is 2.65 bits per heavy atom. The van der Waals surface area contributed by atoms with Gasteiger partial charge in [-0.2, -0.15) is 5.10 Å². The van der Waals surface area contributed by atoms with Crippen LogP contribution in [0, 0.1) is 5.82 Å². The van der Waals surface area contributed by atoms with E-state index in [1.807, 2.05) is 12.1 Å². The number of carbonyl (C=O) groups is 2. The summed E-state index contributed by atoms with van der Waals surface area (Å²) in [5.74, 6) is 0.440. The van der Waals surface area contributed by atoms with E-state index in [2.05, 4.69) is 10.4 Å². The van der Waals surface area contributed by atoms with Crippen molar-refractivity contribution >= 4 is 11.8 Å². The van der Waals surface area contributed by atoms with Crippen molar-refractivity contribution in [3.05, 3.63) is 76.9 Å². The molecule has 8 nitrogen and oxygen atoms in total. The number of halogens is 1. The number of benzene rings is 2. The maximum Gasteiger partial charge on any atom is 0.272 e. The molecule has 3 aromatic rings. The minimum absolute atomic E-state index is 0.188. The van der Waals surface area contributed by atoms with E-state index in [1.54, 1.807) is 27.8 Å². The predicted molar refractivity (Wildman–Crippen MR) is 107 cm³/mol. The third-order valence-electron chi connectivity index (χ3n) is 5.28. The molecular formula is C22H19FN4O4. The highest BCUT2D eigenvalue weighted by Crippen LogP contribution is 2.32. The Bertz CT molecular complexity index is 1160. The highest BCUT2D eigenvalue weighted by Gasteiger charge is 2.28. The van der Waals surface area contributed by atoms with Crippen molar-refractivity contribution in [3.63, 3.8) is 0 Å². The number of carbonyl (C=O) groups excluding carboxylic acids is 2. The highest BCUT2D eigenvalue weighted by molar-refractivity contribution is 5.98. The second kappa shape index (κ2) is 7.75. The van der Waals surface area contributed by atoms with Crippen LogP contribution in [0.2, 0.25) is 0 Å². The molecule has 0 saturated carbocycles. The number of hydrogen-bond acceptors (Lipinski definition) is 5. The van der Waals surface area contributed by atoms with Crippen molar-refractivity contribution in [1.29, 1.82) is 0 Å². The molecule has 2 aliphatic rings. The van der Waals surface area contributed by atoms with Gasteiger partial charge in [0.05, 0.1) is 6.54 Å². The number of rotatable bonds is 5. The van der Waals surface area contributed by atoms with Crippen LogP contribution < -0.4 is 14.8 Å². The van der Waals surface area contributed by atoms with E-state index in [0.29, 0.717) is 43.4 Å². The quantitative estimate of drug-likeness (QED) is 0.682. The Hall–Kier alpha value is -3.88. The Kier molecular flexibility index (Phi) is 4.78. The van der Waals surface area contributed by atoms with Crippen molar-refractivity contribution in [2.75, 3.05) is 13.3 Å². The van der Waals surface area contributed by atoms with Crippen LogP contribution in [0.25, 0.3) is 0 Å². The van der Waals surface area contributed by atoms with Crippen LogP contribution in [0.4, 0.5) is 4.39 Å². The number of fused-ring (bicyclic) bond motifs is 2. The summed E-state index contributed by atoms with van der Waals surface area (Å²) in [5, 5.41) is 7.10. The van der Waals surface area contributed by atoms with Crippen molar-refractivity contribution < 1.29 is 23.5 Å². The van der Waals surface area contributed by atoms with Gasteiger partial charge in [-0.25, -0.2) is 4.39 Å². The number of nitrogens with zero attached hydrogens (tertiary/aromatic N) is 3. The lowest BCUT2D eigenvalue weighted by atomic mass is 10.2. The molecule has 3 heterocycles. The summed E-state index contributed by atoms with van der Waals surface area (Å²) in [6.45, 7) is 1.80. The van der Waals surface area contributed by atoms with Crippen LogP contribution in [0.1, 0.15) is 32.1 Å². The zero-order valence-corrected chi connectivity index (χ0v) is 16.5. The molecule has 0 unspecified atom stereocenters. The van der Waals surface area contributed by atoms with Gasteiger partial charge >= 0.3 is 0 Å². The molecule has 0 saturated heterocycles. The van der Waals surface area contributed by atoms with E-state index in [0.717, 1.165) is 11.1 Å². The van der Waals surface area contributed by atoms with Crippen LogP contribution >= 0.6 is 0 Å². The molecule has 0 spiro atoms. The number of aromatic nitrogens is 2. The molecule has 31 heavy (non-hydrogen) atoms. The molecule has 0 radical (unpaired) electrons. The van der Waals surface area contributed by atoms with E-state index in [-0.39, 0.29) is 30.1 Å². The third kappa shape index (κ3) is 3.81. The molecule has 0 fully saturated rings. The molecule has 158 valence electrons. The molecule has 5 rings (SSSR count). The first-order valence-corrected chi connectivity index (χ1v) is 9.85. The molecule has 0 bridgehead atoms. The standard InChI is InChI=1S/C22H19FN4O4/c23-16-4-1-14(2-5-16)12-26-7-8-27-18(22(26)29)10-17(25-27)21(28)24-11-15-3-6-19-20(9-15)31-13-30-19/h1-6,9-10H,7-8,11-13H2,(H,24,28). The van der Waals surface area contributed by atoms with Gasteiger partial charge in [0.2, 0.25) is 6.79 Å². The minimum Gasteiger partial charge on any atom is -0.454 e. The monoisotopic (exact) mass is 422 g/mol. The van der Waals surface area contributed by atoms with Gasteiger partial charge in [-0.1, -0.05) is 18.2 Å².